The van der Waals surface area contributed by atoms with Crippen LogP contribution in [0.15, 0.2) is 10.1 Å². The zero-order valence-corrected chi connectivity index (χ0v) is 9.43. The first-order valence-electron chi connectivity index (χ1n) is 4.94. The van der Waals surface area contributed by atoms with Crippen molar-refractivity contribution in [1.82, 2.24) is 0 Å². The Bertz CT molecular complexity index is 249. The molecule has 1 unspecified atom stereocenters. The highest BCUT2D eigenvalue weighted by Gasteiger charge is 2.17. The Balaban J connectivity index is 4.11. The molecule has 0 aromatic carbocycles. The summed E-state index contributed by atoms with van der Waals surface area (Å²) < 4.78 is 0. The molecule has 0 aliphatic rings. The Morgan fingerprint density at radius 2 is 2.27 bits per heavy atom. The highest BCUT2D eigenvalue weighted by molar-refractivity contribution is 5.93. The number of hydrogen-bond acceptors (Lipinski definition) is 4. The van der Waals surface area contributed by atoms with Gasteiger partial charge in [0.1, 0.15) is 0 Å². The summed E-state index contributed by atoms with van der Waals surface area (Å²) in [6.07, 6.45) is 2.64. The van der Waals surface area contributed by atoms with Gasteiger partial charge in [-0.1, -0.05) is 18.5 Å². The number of aliphatic carboxylic acids is 1. The molecule has 0 amide bonds. The van der Waals surface area contributed by atoms with Gasteiger partial charge in [0.15, 0.2) is 0 Å². The third-order valence-electron chi connectivity index (χ3n) is 1.73. The molecule has 0 heterocycles. The summed E-state index contributed by atoms with van der Waals surface area (Å²) in [5.74, 6) is -0.974. The van der Waals surface area contributed by atoms with Crippen molar-refractivity contribution in [2.75, 3.05) is 7.05 Å². The van der Waals surface area contributed by atoms with Gasteiger partial charge in [-0.2, -0.15) is 0 Å². The molecule has 1 atom stereocenters. The van der Waals surface area contributed by atoms with Gasteiger partial charge in [0.2, 0.25) is 6.10 Å². The Morgan fingerprint density at radius 1 is 1.60 bits per heavy atom. The molecule has 0 aliphatic heterocycles. The van der Waals surface area contributed by atoms with Crippen LogP contribution >= 0.6 is 0 Å². The molecule has 0 saturated heterocycles. The van der Waals surface area contributed by atoms with Crippen LogP contribution in [-0.2, 0) is 9.63 Å². The SMILES string of the molecule is CCCC(O/N=C(\C)C/C=N\C)C(=O)O. The smallest absolute Gasteiger partial charge is 0.347 e. The molecule has 5 heteroatoms. The fraction of sp³-hybridized carbons (Fsp3) is 0.700. The second-order valence-corrected chi connectivity index (χ2v) is 3.19. The van der Waals surface area contributed by atoms with Crippen molar-refractivity contribution in [3.05, 3.63) is 0 Å². The lowest BCUT2D eigenvalue weighted by Gasteiger charge is -2.09. The fourth-order valence-electron chi connectivity index (χ4n) is 0.898. The number of aliphatic imine (C=N–C) groups is 1. The van der Waals surface area contributed by atoms with Crippen molar-refractivity contribution in [1.29, 1.82) is 0 Å². The van der Waals surface area contributed by atoms with E-state index in [4.69, 9.17) is 9.94 Å². The molecule has 5 nitrogen and oxygen atoms in total. The highest BCUT2D eigenvalue weighted by Crippen LogP contribution is 2.03. The van der Waals surface area contributed by atoms with Crippen LogP contribution in [0.25, 0.3) is 0 Å². The lowest BCUT2D eigenvalue weighted by Crippen LogP contribution is -2.22. The van der Waals surface area contributed by atoms with E-state index in [1.165, 1.54) is 0 Å². The highest BCUT2D eigenvalue weighted by atomic mass is 16.6. The zero-order valence-electron chi connectivity index (χ0n) is 9.43. The van der Waals surface area contributed by atoms with Gasteiger partial charge in [0.05, 0.1) is 5.71 Å². The standard InChI is InChI=1S/C10H18N2O3/c1-4-5-9(10(13)14)15-12-8(2)6-7-11-3/h7,9H,4-6H2,1-3H3,(H,13,14)/b11-7-,12-8+. The van der Waals surface area contributed by atoms with E-state index in [2.05, 4.69) is 10.1 Å². The van der Waals surface area contributed by atoms with Crippen LogP contribution in [0.1, 0.15) is 33.1 Å². The van der Waals surface area contributed by atoms with E-state index in [0.29, 0.717) is 18.6 Å². The van der Waals surface area contributed by atoms with Gasteiger partial charge in [-0.3, -0.25) is 0 Å². The number of oxime groups is 1. The quantitative estimate of drug-likeness (QED) is 0.518. The van der Waals surface area contributed by atoms with Gasteiger partial charge in [-0.25, -0.2) is 4.79 Å². The number of carboxylic acids is 1. The summed E-state index contributed by atoms with van der Waals surface area (Å²) in [4.78, 5) is 19.4. The van der Waals surface area contributed by atoms with Crippen molar-refractivity contribution in [3.63, 3.8) is 0 Å². The van der Waals surface area contributed by atoms with Gasteiger partial charge in [0, 0.05) is 19.7 Å². The number of carbonyl (C=O) groups is 1. The van der Waals surface area contributed by atoms with Crippen molar-refractivity contribution in [3.8, 4) is 0 Å². The second-order valence-electron chi connectivity index (χ2n) is 3.19. The van der Waals surface area contributed by atoms with Crippen LogP contribution in [0.2, 0.25) is 0 Å². The Hall–Kier alpha value is -1.39. The molecular formula is C10H18N2O3. The van der Waals surface area contributed by atoms with Crippen molar-refractivity contribution in [2.45, 2.75) is 39.2 Å². The lowest BCUT2D eigenvalue weighted by atomic mass is 10.2. The van der Waals surface area contributed by atoms with Crippen LogP contribution in [0, 0.1) is 0 Å². The Morgan fingerprint density at radius 3 is 2.73 bits per heavy atom. The molecule has 0 rings (SSSR count). The molecule has 0 bridgehead atoms. The second kappa shape index (κ2) is 7.96. The number of nitrogens with zero attached hydrogens (tertiary/aromatic N) is 2. The first kappa shape index (κ1) is 13.6. The van der Waals surface area contributed by atoms with Crippen molar-refractivity contribution >= 4 is 17.9 Å². The summed E-state index contributed by atoms with van der Waals surface area (Å²) in [6.45, 7) is 3.67. The Labute approximate surface area is 89.8 Å². The van der Waals surface area contributed by atoms with Crippen LogP contribution in [-0.4, -0.2) is 36.2 Å². The predicted octanol–water partition coefficient (Wildman–Crippen LogP) is 1.72. The van der Waals surface area contributed by atoms with Gasteiger partial charge >= 0.3 is 5.97 Å². The van der Waals surface area contributed by atoms with Crippen LogP contribution in [0.3, 0.4) is 0 Å². The molecule has 0 aromatic heterocycles. The first-order chi connectivity index (χ1) is 7.11. The van der Waals surface area contributed by atoms with E-state index < -0.39 is 12.1 Å². The topological polar surface area (TPSA) is 71.2 Å². The molecule has 15 heavy (non-hydrogen) atoms. The fourth-order valence-corrected chi connectivity index (χ4v) is 0.898. The summed E-state index contributed by atoms with van der Waals surface area (Å²) in [6, 6.07) is 0. The maximum atomic E-state index is 10.7. The molecular weight excluding hydrogens is 196 g/mol. The third-order valence-corrected chi connectivity index (χ3v) is 1.73. The predicted molar refractivity (Wildman–Crippen MR) is 59.6 cm³/mol. The molecule has 1 N–H and O–H groups in total. The summed E-state index contributed by atoms with van der Waals surface area (Å²) in [7, 11) is 1.67. The van der Waals surface area contributed by atoms with E-state index in [9.17, 15) is 4.79 Å². The van der Waals surface area contributed by atoms with E-state index in [1.54, 1.807) is 20.2 Å². The summed E-state index contributed by atoms with van der Waals surface area (Å²) in [5, 5.41) is 12.5. The molecule has 0 spiro atoms. The van der Waals surface area contributed by atoms with Gasteiger partial charge in [-0.05, 0) is 13.3 Å². The molecule has 0 radical (unpaired) electrons. The zero-order chi connectivity index (χ0) is 11.7. The third kappa shape index (κ3) is 6.65. The minimum atomic E-state index is -0.974. The minimum absolute atomic E-state index is 0.466. The van der Waals surface area contributed by atoms with Crippen LogP contribution in [0.5, 0.6) is 0 Å². The lowest BCUT2D eigenvalue weighted by molar-refractivity contribution is -0.150. The molecule has 0 fully saturated rings. The van der Waals surface area contributed by atoms with Gasteiger partial charge < -0.3 is 14.9 Å². The van der Waals surface area contributed by atoms with E-state index >= 15 is 0 Å². The van der Waals surface area contributed by atoms with E-state index in [1.807, 2.05) is 6.92 Å². The molecule has 86 valence electrons. The maximum Gasteiger partial charge on any atom is 0.347 e. The number of carboxylic acid groups (broad SMARTS) is 1. The average molecular weight is 214 g/mol. The molecule has 0 aromatic rings. The van der Waals surface area contributed by atoms with E-state index in [-0.39, 0.29) is 0 Å². The maximum absolute atomic E-state index is 10.7. The molecule has 0 aliphatic carbocycles. The number of hydrogen-bond donors (Lipinski definition) is 1. The van der Waals surface area contributed by atoms with Crippen LogP contribution < -0.4 is 0 Å². The number of rotatable bonds is 7. The van der Waals surface area contributed by atoms with Gasteiger partial charge in [0.25, 0.3) is 0 Å². The Kier molecular flexibility index (Phi) is 7.23. The largest absolute Gasteiger partial charge is 0.478 e. The average Bonchev–Trinajstić information content (AvgIpc) is 2.20. The normalized spacial score (nSPS) is 14.2. The van der Waals surface area contributed by atoms with Crippen molar-refractivity contribution < 1.29 is 14.7 Å². The van der Waals surface area contributed by atoms with E-state index in [0.717, 1.165) is 6.42 Å². The molecule has 0 saturated carbocycles. The summed E-state index contributed by atoms with van der Waals surface area (Å²) in [5.41, 5.74) is 0.711. The minimum Gasteiger partial charge on any atom is -0.478 e. The van der Waals surface area contributed by atoms with Gasteiger partial charge in [-0.15, -0.1) is 0 Å². The summed E-state index contributed by atoms with van der Waals surface area (Å²) >= 11 is 0. The van der Waals surface area contributed by atoms with Crippen molar-refractivity contribution in [2.24, 2.45) is 10.1 Å². The monoisotopic (exact) mass is 214 g/mol. The first-order valence-corrected chi connectivity index (χ1v) is 4.94. The van der Waals surface area contributed by atoms with Crippen LogP contribution in [0.4, 0.5) is 0 Å².